The van der Waals surface area contributed by atoms with E-state index in [2.05, 4.69) is 5.32 Å². The van der Waals surface area contributed by atoms with Crippen molar-refractivity contribution in [3.05, 3.63) is 54.1 Å². The van der Waals surface area contributed by atoms with Crippen LogP contribution in [0.3, 0.4) is 0 Å². The quantitative estimate of drug-likeness (QED) is 0.798. The first-order chi connectivity index (χ1) is 12.0. The molecule has 0 spiro atoms. The topological polar surface area (TPSA) is 56.8 Å². The van der Waals surface area contributed by atoms with Crippen LogP contribution in [0.5, 0.6) is 17.2 Å². The number of carbonyl (C=O) groups is 1. The van der Waals surface area contributed by atoms with Gasteiger partial charge in [0.1, 0.15) is 23.9 Å². The molecule has 2 aromatic carbocycles. The lowest BCUT2D eigenvalue weighted by Gasteiger charge is -2.20. The molecule has 0 aliphatic heterocycles. The molecule has 0 aromatic heterocycles. The summed E-state index contributed by atoms with van der Waals surface area (Å²) in [5.41, 5.74) is 0.998. The number of rotatable bonds is 8. The highest BCUT2D eigenvalue weighted by molar-refractivity contribution is 5.81. The monoisotopic (exact) mass is 343 g/mol. The van der Waals surface area contributed by atoms with E-state index in [0.29, 0.717) is 12.4 Å². The minimum absolute atomic E-state index is 0.141. The van der Waals surface area contributed by atoms with Gasteiger partial charge in [-0.2, -0.15) is 0 Å². The number of methoxy groups -OCH3 is 1. The van der Waals surface area contributed by atoms with Crippen molar-refractivity contribution in [3.63, 3.8) is 0 Å². The van der Waals surface area contributed by atoms with E-state index in [1.807, 2.05) is 62.4 Å². The molecule has 0 saturated carbocycles. The summed E-state index contributed by atoms with van der Waals surface area (Å²) in [6, 6.07) is 14.8. The predicted octanol–water partition coefficient (Wildman–Crippen LogP) is 3.35. The molecule has 5 nitrogen and oxygen atoms in total. The Balaban J connectivity index is 1.79. The maximum Gasteiger partial charge on any atom is 0.261 e. The third-order valence-electron chi connectivity index (χ3n) is 3.71. The van der Waals surface area contributed by atoms with Crippen LogP contribution >= 0.6 is 0 Å². The van der Waals surface area contributed by atoms with Gasteiger partial charge in [0.05, 0.1) is 13.2 Å². The number of benzene rings is 2. The molecule has 134 valence electrons. The number of para-hydroxylation sites is 1. The Hall–Kier alpha value is -2.69. The molecule has 0 aliphatic rings. The van der Waals surface area contributed by atoms with Crippen molar-refractivity contribution in [1.82, 2.24) is 5.32 Å². The van der Waals surface area contributed by atoms with Crippen LogP contribution in [-0.2, 0) is 4.79 Å². The third-order valence-corrected chi connectivity index (χ3v) is 3.71. The standard InChI is InChI=1S/C20H25NO4/c1-14-7-5-6-8-19(14)25-16(3)20(22)21-15(2)13-24-18-11-9-17(23-4)10-12-18/h5-12,15-16H,13H2,1-4H3,(H,21,22)/t15-,16+/m0/s1. The number of aryl methyl sites for hydroxylation is 1. The molecule has 1 amide bonds. The van der Waals surface area contributed by atoms with Crippen LogP contribution in [0.25, 0.3) is 0 Å². The Bertz CT molecular complexity index is 684. The lowest BCUT2D eigenvalue weighted by molar-refractivity contribution is -0.128. The van der Waals surface area contributed by atoms with E-state index in [0.717, 1.165) is 17.1 Å². The zero-order valence-corrected chi connectivity index (χ0v) is 15.1. The third kappa shape index (κ3) is 5.71. The summed E-state index contributed by atoms with van der Waals surface area (Å²) in [5.74, 6) is 2.04. The van der Waals surface area contributed by atoms with Crippen LogP contribution in [0.15, 0.2) is 48.5 Å². The minimum Gasteiger partial charge on any atom is -0.497 e. The van der Waals surface area contributed by atoms with Crippen molar-refractivity contribution in [3.8, 4) is 17.2 Å². The molecule has 1 N–H and O–H groups in total. The Morgan fingerprint density at radius 3 is 2.32 bits per heavy atom. The van der Waals surface area contributed by atoms with Crippen molar-refractivity contribution in [2.75, 3.05) is 13.7 Å². The average molecular weight is 343 g/mol. The van der Waals surface area contributed by atoms with Gasteiger partial charge in [0.25, 0.3) is 5.91 Å². The molecule has 2 aromatic rings. The summed E-state index contributed by atoms with van der Waals surface area (Å²) < 4.78 is 16.5. The van der Waals surface area contributed by atoms with Gasteiger partial charge in [0.2, 0.25) is 0 Å². The molecule has 2 rings (SSSR count). The van der Waals surface area contributed by atoms with Crippen molar-refractivity contribution in [2.24, 2.45) is 0 Å². The molecule has 0 unspecified atom stereocenters. The first-order valence-electron chi connectivity index (χ1n) is 8.29. The van der Waals surface area contributed by atoms with E-state index in [4.69, 9.17) is 14.2 Å². The summed E-state index contributed by atoms with van der Waals surface area (Å²) >= 11 is 0. The number of carbonyl (C=O) groups excluding carboxylic acids is 1. The largest absolute Gasteiger partial charge is 0.497 e. The number of amides is 1. The molecule has 0 radical (unpaired) electrons. The first kappa shape index (κ1) is 18.6. The second-order valence-corrected chi connectivity index (χ2v) is 5.92. The normalized spacial score (nSPS) is 12.8. The van der Waals surface area contributed by atoms with Crippen LogP contribution in [0.4, 0.5) is 0 Å². The van der Waals surface area contributed by atoms with Crippen molar-refractivity contribution >= 4 is 5.91 Å². The summed E-state index contributed by atoms with van der Waals surface area (Å²) in [5, 5.41) is 2.90. The van der Waals surface area contributed by atoms with Gasteiger partial charge >= 0.3 is 0 Å². The lowest BCUT2D eigenvalue weighted by Crippen LogP contribution is -2.43. The second-order valence-electron chi connectivity index (χ2n) is 5.92. The van der Waals surface area contributed by atoms with E-state index in [9.17, 15) is 4.79 Å². The Morgan fingerprint density at radius 1 is 1.04 bits per heavy atom. The molecule has 25 heavy (non-hydrogen) atoms. The summed E-state index contributed by atoms with van der Waals surface area (Å²) in [4.78, 5) is 12.3. The molecule has 0 bridgehead atoms. The molecule has 2 atom stereocenters. The van der Waals surface area contributed by atoms with Crippen LogP contribution in [0.2, 0.25) is 0 Å². The SMILES string of the molecule is COc1ccc(OC[C@H](C)NC(=O)[C@@H](C)Oc2ccccc2C)cc1. The van der Waals surface area contributed by atoms with Crippen LogP contribution in [0, 0.1) is 6.92 Å². The Labute approximate surface area is 148 Å². The second kappa shape index (κ2) is 8.97. The fourth-order valence-corrected chi connectivity index (χ4v) is 2.23. The van der Waals surface area contributed by atoms with Gasteiger partial charge in [-0.05, 0) is 56.7 Å². The van der Waals surface area contributed by atoms with Crippen molar-refractivity contribution in [1.29, 1.82) is 0 Å². The zero-order valence-electron chi connectivity index (χ0n) is 15.1. The molecule has 0 saturated heterocycles. The van der Waals surface area contributed by atoms with E-state index >= 15 is 0 Å². The van der Waals surface area contributed by atoms with E-state index in [1.54, 1.807) is 14.0 Å². The molecule has 0 heterocycles. The van der Waals surface area contributed by atoms with Crippen molar-refractivity contribution < 1.29 is 19.0 Å². The summed E-state index contributed by atoms with van der Waals surface area (Å²) in [7, 11) is 1.62. The number of hydrogen-bond acceptors (Lipinski definition) is 4. The van der Waals surface area contributed by atoms with Gasteiger partial charge in [-0.25, -0.2) is 0 Å². The zero-order chi connectivity index (χ0) is 18.2. The predicted molar refractivity (Wildman–Crippen MR) is 97.4 cm³/mol. The lowest BCUT2D eigenvalue weighted by atomic mass is 10.2. The fraction of sp³-hybridized carbons (Fsp3) is 0.350. The maximum absolute atomic E-state index is 12.3. The van der Waals surface area contributed by atoms with Gasteiger partial charge in [0.15, 0.2) is 6.10 Å². The van der Waals surface area contributed by atoms with E-state index < -0.39 is 6.10 Å². The number of nitrogens with one attached hydrogen (secondary N) is 1. The van der Waals surface area contributed by atoms with Gasteiger partial charge in [-0.15, -0.1) is 0 Å². The van der Waals surface area contributed by atoms with Gasteiger partial charge < -0.3 is 19.5 Å². The summed E-state index contributed by atoms with van der Waals surface area (Å²) in [6.45, 7) is 5.95. The Morgan fingerprint density at radius 2 is 1.68 bits per heavy atom. The van der Waals surface area contributed by atoms with E-state index in [-0.39, 0.29) is 11.9 Å². The van der Waals surface area contributed by atoms with Crippen molar-refractivity contribution in [2.45, 2.75) is 32.9 Å². The smallest absolute Gasteiger partial charge is 0.261 e. The van der Waals surface area contributed by atoms with Gasteiger partial charge in [-0.3, -0.25) is 4.79 Å². The highest BCUT2D eigenvalue weighted by Crippen LogP contribution is 2.18. The minimum atomic E-state index is -0.579. The van der Waals surface area contributed by atoms with Crippen LogP contribution in [-0.4, -0.2) is 31.8 Å². The van der Waals surface area contributed by atoms with Gasteiger partial charge in [-0.1, -0.05) is 18.2 Å². The number of hydrogen-bond donors (Lipinski definition) is 1. The Kier molecular flexibility index (Phi) is 6.69. The van der Waals surface area contributed by atoms with Gasteiger partial charge in [0, 0.05) is 0 Å². The highest BCUT2D eigenvalue weighted by atomic mass is 16.5. The summed E-state index contributed by atoms with van der Waals surface area (Å²) in [6.07, 6.45) is -0.579. The molecule has 0 fully saturated rings. The first-order valence-corrected chi connectivity index (χ1v) is 8.29. The molecular weight excluding hydrogens is 318 g/mol. The average Bonchev–Trinajstić information content (AvgIpc) is 2.62. The fourth-order valence-electron chi connectivity index (χ4n) is 2.23. The molecular formula is C20H25NO4. The number of ether oxygens (including phenoxy) is 3. The van der Waals surface area contributed by atoms with Crippen LogP contribution < -0.4 is 19.5 Å². The van der Waals surface area contributed by atoms with E-state index in [1.165, 1.54) is 0 Å². The molecule has 5 heteroatoms. The maximum atomic E-state index is 12.3. The highest BCUT2D eigenvalue weighted by Gasteiger charge is 2.17. The molecule has 0 aliphatic carbocycles. The van der Waals surface area contributed by atoms with Crippen LogP contribution in [0.1, 0.15) is 19.4 Å².